The number of hydrogen-bond donors (Lipinski definition) is 1. The minimum atomic E-state index is -0.345. The van der Waals surface area contributed by atoms with Gasteiger partial charge in [-0.1, -0.05) is 58.7 Å². The molecule has 30 heavy (non-hydrogen) atoms. The van der Waals surface area contributed by atoms with Gasteiger partial charge in [-0.05, 0) is 36.2 Å². The van der Waals surface area contributed by atoms with Crippen molar-refractivity contribution in [3.63, 3.8) is 0 Å². The monoisotopic (exact) mass is 501 g/mol. The smallest absolute Gasteiger partial charge is 0.263 e. The Morgan fingerprint density at radius 1 is 1.20 bits per heavy atom. The summed E-state index contributed by atoms with van der Waals surface area (Å²) < 4.78 is 2.30. The molecular weight excluding hydrogens is 486 g/mol. The molecule has 2 aromatic carbocycles. The number of amides is 1. The van der Waals surface area contributed by atoms with E-state index in [1.54, 1.807) is 24.3 Å². The molecule has 0 bridgehead atoms. The molecule has 8 heteroatoms. The van der Waals surface area contributed by atoms with Crippen LogP contribution < -0.4 is 10.9 Å². The Kier molecular flexibility index (Phi) is 6.04. The topological polar surface area (TPSA) is 64.0 Å². The lowest BCUT2D eigenvalue weighted by Crippen LogP contribution is -2.27. The van der Waals surface area contributed by atoms with Crippen LogP contribution in [0.3, 0.4) is 0 Å². The van der Waals surface area contributed by atoms with Crippen LogP contribution in [0.1, 0.15) is 11.8 Å². The number of aromatic nitrogens is 2. The van der Waals surface area contributed by atoms with Crippen molar-refractivity contribution in [2.75, 3.05) is 5.32 Å². The fourth-order valence-electron chi connectivity index (χ4n) is 3.26. The first-order valence-corrected chi connectivity index (χ1v) is 11.3. The fourth-order valence-corrected chi connectivity index (χ4v) is 4.80. The van der Waals surface area contributed by atoms with Gasteiger partial charge in [-0.25, -0.2) is 4.98 Å². The van der Waals surface area contributed by atoms with E-state index in [2.05, 4.69) is 33.2 Å². The van der Waals surface area contributed by atoms with E-state index in [0.717, 1.165) is 26.9 Å². The van der Waals surface area contributed by atoms with Gasteiger partial charge in [0.2, 0.25) is 5.91 Å². The molecule has 0 fully saturated rings. The number of thiophene rings is 1. The maximum Gasteiger partial charge on any atom is 0.263 e. The molecule has 2 heterocycles. The summed E-state index contributed by atoms with van der Waals surface area (Å²) >= 11 is 11.1. The molecule has 0 radical (unpaired) electrons. The highest BCUT2D eigenvalue weighted by atomic mass is 79.9. The van der Waals surface area contributed by atoms with Crippen LogP contribution in [0, 0.1) is 0 Å². The number of fused-ring (bicyclic) bond motifs is 1. The molecule has 4 rings (SSSR count). The van der Waals surface area contributed by atoms with E-state index in [1.807, 2.05) is 24.3 Å². The van der Waals surface area contributed by atoms with E-state index in [4.69, 9.17) is 11.6 Å². The van der Waals surface area contributed by atoms with Gasteiger partial charge >= 0.3 is 0 Å². The number of nitrogens with one attached hydrogen (secondary N) is 1. The standard InChI is InChI=1S/C22H17BrClN3O2S/c1-2-17-19(13-7-9-14(23)10-8-13)20-21(30-17)25-12-27(22(20)29)11-18(28)26-16-6-4-3-5-15(16)24/h3-10,12H,2,11H2,1H3,(H,26,28). The molecule has 0 saturated carbocycles. The number of aryl methyl sites for hydroxylation is 1. The van der Waals surface area contributed by atoms with Crippen LogP contribution in [0.15, 0.2) is 64.1 Å². The highest BCUT2D eigenvalue weighted by Gasteiger charge is 2.19. The molecule has 1 amide bonds. The highest BCUT2D eigenvalue weighted by molar-refractivity contribution is 9.10. The van der Waals surface area contributed by atoms with Crippen molar-refractivity contribution in [1.82, 2.24) is 9.55 Å². The second-order valence-corrected chi connectivity index (χ2v) is 9.05. The third kappa shape index (κ3) is 4.05. The summed E-state index contributed by atoms with van der Waals surface area (Å²) in [4.78, 5) is 32.0. The third-order valence-corrected chi connectivity index (χ3v) is 6.77. The van der Waals surface area contributed by atoms with Gasteiger partial charge in [0.15, 0.2) is 0 Å². The Balaban J connectivity index is 1.74. The van der Waals surface area contributed by atoms with Crippen molar-refractivity contribution in [2.24, 2.45) is 0 Å². The molecule has 4 aromatic rings. The zero-order valence-corrected chi connectivity index (χ0v) is 19.1. The quantitative estimate of drug-likeness (QED) is 0.378. The SMILES string of the molecule is CCc1sc2ncn(CC(=O)Nc3ccccc3Cl)c(=O)c2c1-c1ccc(Br)cc1. The molecule has 0 atom stereocenters. The molecule has 0 aliphatic heterocycles. The fraction of sp³-hybridized carbons (Fsp3) is 0.136. The van der Waals surface area contributed by atoms with E-state index in [0.29, 0.717) is 20.9 Å². The maximum atomic E-state index is 13.3. The number of rotatable bonds is 5. The number of nitrogens with zero attached hydrogens (tertiary/aromatic N) is 2. The third-order valence-electron chi connectivity index (χ3n) is 4.67. The Morgan fingerprint density at radius 3 is 2.63 bits per heavy atom. The van der Waals surface area contributed by atoms with Gasteiger partial charge in [-0.3, -0.25) is 14.2 Å². The second-order valence-electron chi connectivity index (χ2n) is 6.65. The van der Waals surface area contributed by atoms with Crippen LogP contribution in [-0.2, 0) is 17.8 Å². The summed E-state index contributed by atoms with van der Waals surface area (Å²) in [7, 11) is 0. The number of halogens is 2. The van der Waals surface area contributed by atoms with Crippen molar-refractivity contribution < 1.29 is 4.79 Å². The van der Waals surface area contributed by atoms with Crippen LogP contribution in [0.5, 0.6) is 0 Å². The van der Waals surface area contributed by atoms with Gasteiger partial charge in [0.25, 0.3) is 5.56 Å². The Hall–Kier alpha value is -2.48. The van der Waals surface area contributed by atoms with Crippen LogP contribution in [0.2, 0.25) is 5.02 Å². The van der Waals surface area contributed by atoms with Crippen molar-refractivity contribution >= 4 is 60.7 Å². The van der Waals surface area contributed by atoms with Gasteiger partial charge in [-0.2, -0.15) is 0 Å². The van der Waals surface area contributed by atoms with Crippen molar-refractivity contribution in [3.05, 3.63) is 79.6 Å². The maximum absolute atomic E-state index is 13.3. The predicted molar refractivity (Wildman–Crippen MR) is 126 cm³/mol. The van der Waals surface area contributed by atoms with Crippen LogP contribution in [0.4, 0.5) is 5.69 Å². The first-order valence-electron chi connectivity index (χ1n) is 9.29. The van der Waals surface area contributed by atoms with Crippen molar-refractivity contribution in [3.8, 4) is 11.1 Å². The predicted octanol–water partition coefficient (Wildman–Crippen LogP) is 5.74. The molecule has 0 unspecified atom stereocenters. The first kappa shape index (κ1) is 20.8. The lowest BCUT2D eigenvalue weighted by atomic mass is 10.0. The molecular formula is C22H17BrClN3O2S. The molecule has 0 saturated heterocycles. The summed E-state index contributed by atoms with van der Waals surface area (Å²) in [6.07, 6.45) is 2.22. The number of carbonyl (C=O) groups excluding carboxylic acids is 1. The molecule has 2 aromatic heterocycles. The first-order chi connectivity index (χ1) is 14.5. The number of benzene rings is 2. The van der Waals surface area contributed by atoms with Crippen LogP contribution in [0.25, 0.3) is 21.3 Å². The molecule has 1 N–H and O–H groups in total. The minimum Gasteiger partial charge on any atom is -0.323 e. The van der Waals surface area contributed by atoms with Gasteiger partial charge in [0.1, 0.15) is 11.4 Å². The average Bonchev–Trinajstić information content (AvgIpc) is 3.12. The summed E-state index contributed by atoms with van der Waals surface area (Å²) in [6.45, 7) is 1.91. The van der Waals surface area contributed by atoms with Gasteiger partial charge in [0.05, 0.1) is 22.4 Å². The molecule has 152 valence electrons. The average molecular weight is 503 g/mol. The zero-order valence-electron chi connectivity index (χ0n) is 16.0. The lowest BCUT2D eigenvalue weighted by molar-refractivity contribution is -0.116. The number of anilines is 1. The molecule has 5 nitrogen and oxygen atoms in total. The van der Waals surface area contributed by atoms with Gasteiger partial charge in [-0.15, -0.1) is 11.3 Å². The van der Waals surface area contributed by atoms with Crippen molar-refractivity contribution in [1.29, 1.82) is 0 Å². The van der Waals surface area contributed by atoms with Gasteiger partial charge < -0.3 is 5.32 Å². The van der Waals surface area contributed by atoms with Gasteiger partial charge in [0, 0.05) is 14.9 Å². The number of para-hydroxylation sites is 1. The van der Waals surface area contributed by atoms with E-state index >= 15 is 0 Å². The highest BCUT2D eigenvalue weighted by Crippen LogP contribution is 2.36. The van der Waals surface area contributed by atoms with Crippen molar-refractivity contribution in [2.45, 2.75) is 19.9 Å². The Labute approximate surface area is 190 Å². The Morgan fingerprint density at radius 2 is 1.93 bits per heavy atom. The van der Waals surface area contributed by atoms with Crippen LogP contribution in [-0.4, -0.2) is 15.5 Å². The largest absolute Gasteiger partial charge is 0.323 e. The molecule has 0 spiro atoms. The summed E-state index contributed by atoms with van der Waals surface area (Å²) in [5.41, 5.74) is 2.12. The van der Waals surface area contributed by atoms with Crippen LogP contribution >= 0.6 is 38.9 Å². The molecule has 0 aliphatic carbocycles. The van der Waals surface area contributed by atoms with E-state index in [-0.39, 0.29) is 18.0 Å². The second kappa shape index (κ2) is 8.71. The number of carbonyl (C=O) groups is 1. The summed E-state index contributed by atoms with van der Waals surface area (Å²) in [6, 6.07) is 14.8. The van der Waals surface area contributed by atoms with E-state index in [1.165, 1.54) is 22.2 Å². The summed E-state index contributed by atoms with van der Waals surface area (Å²) in [5.74, 6) is -0.345. The zero-order chi connectivity index (χ0) is 21.3. The van der Waals surface area contributed by atoms with E-state index in [9.17, 15) is 9.59 Å². The number of hydrogen-bond acceptors (Lipinski definition) is 4. The Bertz CT molecular complexity index is 1300. The normalized spacial score (nSPS) is 11.0. The lowest BCUT2D eigenvalue weighted by Gasteiger charge is -2.09. The minimum absolute atomic E-state index is 0.149. The summed E-state index contributed by atoms with van der Waals surface area (Å²) in [5, 5.41) is 3.73. The molecule has 0 aliphatic rings. The van der Waals surface area contributed by atoms with E-state index < -0.39 is 0 Å².